The smallest absolute Gasteiger partial charge is 0.0181 e. The Hall–Kier alpha value is -1.60. The first-order chi connectivity index (χ1) is 10.1. The van der Waals surface area contributed by atoms with Crippen LogP contribution in [0.3, 0.4) is 0 Å². The van der Waals surface area contributed by atoms with Gasteiger partial charge in [0.25, 0.3) is 0 Å². The maximum Gasteiger partial charge on any atom is 0.0181 e. The minimum Gasteiger partial charge on any atom is -0.0620 e. The van der Waals surface area contributed by atoms with Gasteiger partial charge in [-0.3, -0.25) is 0 Å². The van der Waals surface area contributed by atoms with Gasteiger partial charge in [0.2, 0.25) is 0 Å². The number of hydrogen-bond acceptors (Lipinski definition) is 0. The first-order valence-corrected chi connectivity index (χ1v) is 8.17. The van der Waals surface area contributed by atoms with Crippen LogP contribution >= 0.6 is 15.9 Å². The van der Waals surface area contributed by atoms with Crippen molar-refractivity contribution < 1.29 is 0 Å². The molecule has 0 aliphatic heterocycles. The van der Waals surface area contributed by atoms with Gasteiger partial charge >= 0.3 is 0 Å². The molecule has 0 saturated carbocycles. The van der Waals surface area contributed by atoms with Crippen molar-refractivity contribution in [2.45, 2.75) is 25.7 Å². The van der Waals surface area contributed by atoms with Gasteiger partial charge < -0.3 is 0 Å². The van der Waals surface area contributed by atoms with Crippen molar-refractivity contribution in [3.05, 3.63) is 81.3 Å². The molecule has 0 saturated heterocycles. The molecule has 0 radical (unpaired) electrons. The van der Waals surface area contributed by atoms with E-state index < -0.39 is 0 Å². The van der Waals surface area contributed by atoms with Crippen LogP contribution < -0.4 is 0 Å². The standard InChI is InChI=1S/C20H17Br/c1-20(2)18-6-4-3-5-14(18)12-17-16-9-8-15(21)11-13(16)7-10-19(17)20/h3-11H,12H2,1-2H3. The van der Waals surface area contributed by atoms with Crippen molar-refractivity contribution >= 4 is 26.7 Å². The summed E-state index contributed by atoms with van der Waals surface area (Å²) < 4.78 is 1.14. The van der Waals surface area contributed by atoms with Crippen molar-refractivity contribution in [3.8, 4) is 0 Å². The molecular formula is C20H17Br. The quantitative estimate of drug-likeness (QED) is 0.484. The fourth-order valence-corrected chi connectivity index (χ4v) is 4.14. The molecule has 104 valence electrons. The molecule has 1 aliphatic rings. The van der Waals surface area contributed by atoms with E-state index in [4.69, 9.17) is 0 Å². The Balaban J connectivity index is 2.06. The highest BCUT2D eigenvalue weighted by Gasteiger charge is 2.32. The maximum atomic E-state index is 3.58. The molecule has 1 heteroatoms. The molecule has 3 aromatic rings. The van der Waals surface area contributed by atoms with Gasteiger partial charge in [-0.05, 0) is 51.6 Å². The normalized spacial score (nSPS) is 15.6. The molecule has 0 nitrogen and oxygen atoms in total. The minimum absolute atomic E-state index is 0.0748. The number of halogens is 1. The van der Waals surface area contributed by atoms with E-state index in [1.54, 1.807) is 0 Å². The fourth-order valence-electron chi connectivity index (χ4n) is 3.76. The monoisotopic (exact) mass is 336 g/mol. The van der Waals surface area contributed by atoms with Gasteiger partial charge in [0.15, 0.2) is 0 Å². The largest absolute Gasteiger partial charge is 0.0620 e. The summed E-state index contributed by atoms with van der Waals surface area (Å²) in [5.74, 6) is 0. The first-order valence-electron chi connectivity index (χ1n) is 7.37. The Kier molecular flexibility index (Phi) is 2.77. The van der Waals surface area contributed by atoms with Crippen molar-refractivity contribution in [1.29, 1.82) is 0 Å². The zero-order chi connectivity index (χ0) is 14.6. The van der Waals surface area contributed by atoms with Crippen LogP contribution in [-0.4, -0.2) is 0 Å². The third kappa shape index (κ3) is 1.87. The molecule has 0 spiro atoms. The van der Waals surface area contributed by atoms with E-state index >= 15 is 0 Å². The van der Waals surface area contributed by atoms with Gasteiger partial charge in [-0.15, -0.1) is 0 Å². The van der Waals surface area contributed by atoms with Gasteiger partial charge in [0, 0.05) is 9.89 Å². The lowest BCUT2D eigenvalue weighted by Crippen LogP contribution is -2.27. The molecule has 0 aromatic heterocycles. The summed E-state index contributed by atoms with van der Waals surface area (Å²) >= 11 is 3.58. The van der Waals surface area contributed by atoms with Gasteiger partial charge in [0.1, 0.15) is 0 Å². The van der Waals surface area contributed by atoms with Crippen LogP contribution in [-0.2, 0) is 11.8 Å². The highest BCUT2D eigenvalue weighted by atomic mass is 79.9. The number of fused-ring (bicyclic) bond motifs is 4. The van der Waals surface area contributed by atoms with Gasteiger partial charge in [-0.25, -0.2) is 0 Å². The lowest BCUT2D eigenvalue weighted by Gasteiger charge is -2.36. The van der Waals surface area contributed by atoms with E-state index in [0.29, 0.717) is 0 Å². The Labute approximate surface area is 133 Å². The second kappa shape index (κ2) is 4.45. The van der Waals surface area contributed by atoms with E-state index in [1.807, 2.05) is 0 Å². The summed E-state index contributed by atoms with van der Waals surface area (Å²) in [7, 11) is 0. The predicted octanol–water partition coefficient (Wildman–Crippen LogP) is 5.83. The molecule has 4 rings (SSSR count). The van der Waals surface area contributed by atoms with Crippen molar-refractivity contribution in [2.24, 2.45) is 0 Å². The lowest BCUT2D eigenvalue weighted by molar-refractivity contribution is 0.612. The van der Waals surface area contributed by atoms with Crippen LogP contribution in [0.1, 0.15) is 36.1 Å². The summed E-state index contributed by atoms with van der Waals surface area (Å²) in [5.41, 5.74) is 5.96. The van der Waals surface area contributed by atoms with Crippen LogP contribution in [0.2, 0.25) is 0 Å². The summed E-state index contributed by atoms with van der Waals surface area (Å²) in [6.07, 6.45) is 1.04. The topological polar surface area (TPSA) is 0 Å². The van der Waals surface area contributed by atoms with E-state index in [0.717, 1.165) is 10.9 Å². The third-order valence-corrected chi connectivity index (χ3v) is 5.32. The van der Waals surface area contributed by atoms with E-state index in [1.165, 1.54) is 33.0 Å². The zero-order valence-electron chi connectivity index (χ0n) is 12.3. The molecule has 3 aromatic carbocycles. The molecule has 21 heavy (non-hydrogen) atoms. The summed E-state index contributed by atoms with van der Waals surface area (Å²) in [5, 5.41) is 2.71. The lowest BCUT2D eigenvalue weighted by atomic mass is 9.68. The van der Waals surface area contributed by atoms with Crippen molar-refractivity contribution in [2.75, 3.05) is 0 Å². The summed E-state index contributed by atoms with van der Waals surface area (Å²) in [4.78, 5) is 0. The van der Waals surface area contributed by atoms with E-state index in [9.17, 15) is 0 Å². The second-order valence-electron chi connectivity index (χ2n) is 6.42. The number of hydrogen-bond donors (Lipinski definition) is 0. The molecule has 1 aliphatic carbocycles. The average Bonchev–Trinajstić information content (AvgIpc) is 2.46. The molecular weight excluding hydrogens is 320 g/mol. The van der Waals surface area contributed by atoms with E-state index in [-0.39, 0.29) is 5.41 Å². The number of benzene rings is 3. The predicted molar refractivity (Wildman–Crippen MR) is 93.0 cm³/mol. The van der Waals surface area contributed by atoms with E-state index in [2.05, 4.69) is 84.4 Å². The third-order valence-electron chi connectivity index (χ3n) is 4.82. The van der Waals surface area contributed by atoms with Crippen LogP contribution in [0, 0.1) is 0 Å². The highest BCUT2D eigenvalue weighted by Crippen LogP contribution is 2.43. The first kappa shape index (κ1) is 13.1. The molecule has 0 fully saturated rings. The van der Waals surface area contributed by atoms with Gasteiger partial charge in [-0.2, -0.15) is 0 Å². The molecule has 0 unspecified atom stereocenters. The maximum absolute atomic E-state index is 3.58. The van der Waals surface area contributed by atoms with Gasteiger partial charge in [0.05, 0.1) is 0 Å². The molecule has 0 atom stereocenters. The van der Waals surface area contributed by atoms with Crippen molar-refractivity contribution in [1.82, 2.24) is 0 Å². The van der Waals surface area contributed by atoms with Gasteiger partial charge in [-0.1, -0.05) is 72.2 Å². The molecule has 0 amide bonds. The Bertz CT molecular complexity index is 859. The average molecular weight is 337 g/mol. The summed E-state index contributed by atoms with van der Waals surface area (Å²) in [6.45, 7) is 4.68. The molecule has 0 N–H and O–H groups in total. The van der Waals surface area contributed by atoms with Crippen LogP contribution in [0.15, 0.2) is 59.1 Å². The fraction of sp³-hybridized carbons (Fsp3) is 0.200. The second-order valence-corrected chi connectivity index (χ2v) is 7.33. The highest BCUT2D eigenvalue weighted by molar-refractivity contribution is 9.10. The number of rotatable bonds is 0. The molecule has 0 heterocycles. The SMILES string of the molecule is CC1(C)c2ccccc2Cc2c1ccc1cc(Br)ccc21. The Morgan fingerprint density at radius 1 is 0.905 bits per heavy atom. The zero-order valence-corrected chi connectivity index (χ0v) is 13.9. The van der Waals surface area contributed by atoms with Crippen molar-refractivity contribution in [3.63, 3.8) is 0 Å². The van der Waals surface area contributed by atoms with Crippen LogP contribution in [0.25, 0.3) is 10.8 Å². The molecule has 0 bridgehead atoms. The minimum atomic E-state index is 0.0748. The van der Waals surface area contributed by atoms with Crippen LogP contribution in [0.5, 0.6) is 0 Å². The Morgan fingerprint density at radius 3 is 2.57 bits per heavy atom. The Morgan fingerprint density at radius 2 is 1.71 bits per heavy atom. The summed E-state index contributed by atoms with van der Waals surface area (Å²) in [6, 6.07) is 20.1. The van der Waals surface area contributed by atoms with Crippen LogP contribution in [0.4, 0.5) is 0 Å².